The molecule has 0 aliphatic carbocycles. The third-order valence-corrected chi connectivity index (χ3v) is 3.71. The van der Waals surface area contributed by atoms with Crippen LogP contribution in [0.2, 0.25) is 0 Å². The molecule has 0 aromatic heterocycles. The Kier molecular flexibility index (Phi) is 3.49. The number of nitrogens with zero attached hydrogens (tertiary/aromatic N) is 1. The van der Waals surface area contributed by atoms with Crippen molar-refractivity contribution in [2.24, 2.45) is 0 Å². The maximum absolute atomic E-state index is 3.56. The molecule has 1 aliphatic rings. The van der Waals surface area contributed by atoms with Crippen LogP contribution in [0.3, 0.4) is 0 Å². The van der Waals surface area contributed by atoms with Gasteiger partial charge in [-0.2, -0.15) is 0 Å². The Balaban J connectivity index is 2.19. The van der Waals surface area contributed by atoms with Gasteiger partial charge in [-0.15, -0.1) is 0 Å². The van der Waals surface area contributed by atoms with E-state index in [9.17, 15) is 0 Å². The van der Waals surface area contributed by atoms with Gasteiger partial charge in [-0.25, -0.2) is 0 Å². The molecule has 0 radical (unpaired) electrons. The first kappa shape index (κ1) is 11.5. The molecule has 1 aliphatic heterocycles. The van der Waals surface area contributed by atoms with E-state index in [1.807, 2.05) is 0 Å². The average molecular weight is 218 g/mol. The van der Waals surface area contributed by atoms with E-state index in [4.69, 9.17) is 0 Å². The summed E-state index contributed by atoms with van der Waals surface area (Å²) >= 11 is 0. The Bertz CT molecular complexity index is 356. The second kappa shape index (κ2) is 4.88. The van der Waals surface area contributed by atoms with E-state index in [0.717, 1.165) is 19.6 Å². The summed E-state index contributed by atoms with van der Waals surface area (Å²) in [6.07, 6.45) is 1.19. The third-order valence-electron chi connectivity index (χ3n) is 3.71. The number of benzene rings is 1. The van der Waals surface area contributed by atoms with Gasteiger partial charge < -0.3 is 5.32 Å². The summed E-state index contributed by atoms with van der Waals surface area (Å²) in [6, 6.07) is 7.20. The molecule has 16 heavy (non-hydrogen) atoms. The van der Waals surface area contributed by atoms with Crippen molar-refractivity contribution in [2.75, 3.05) is 25.0 Å². The summed E-state index contributed by atoms with van der Waals surface area (Å²) in [5.74, 6) is 0. The van der Waals surface area contributed by atoms with E-state index in [1.54, 1.807) is 0 Å². The summed E-state index contributed by atoms with van der Waals surface area (Å²) in [6.45, 7) is 10.1. The summed E-state index contributed by atoms with van der Waals surface area (Å²) in [4.78, 5) is 2.54. The number of hydrogen-bond donors (Lipinski definition) is 1. The average Bonchev–Trinajstić information content (AvgIpc) is 2.32. The molecule has 0 saturated heterocycles. The predicted octanol–water partition coefficient (Wildman–Crippen LogP) is 2.67. The van der Waals surface area contributed by atoms with Gasteiger partial charge >= 0.3 is 0 Å². The number of nitrogens with one attached hydrogen (secondary N) is 1. The molecule has 1 aromatic carbocycles. The van der Waals surface area contributed by atoms with E-state index in [2.05, 4.69) is 49.2 Å². The number of likely N-dealkylation sites (N-methyl/N-ethyl adjacent to an activating group) is 1. The first-order chi connectivity index (χ1) is 7.76. The smallest absolute Gasteiger partial charge is 0.0376 e. The fourth-order valence-electron chi connectivity index (χ4n) is 2.67. The van der Waals surface area contributed by atoms with E-state index in [1.165, 1.54) is 23.2 Å². The van der Waals surface area contributed by atoms with Crippen LogP contribution in [0, 0.1) is 6.92 Å². The topological polar surface area (TPSA) is 15.3 Å². The standard InChI is InChI=1S/C14H22N2/c1-4-16(5-2)12-9-13-11(3)7-6-8-14(13)15-10-12/h6-8,12,15H,4-5,9-10H2,1-3H3. The van der Waals surface area contributed by atoms with Crippen LogP contribution in [-0.2, 0) is 6.42 Å². The first-order valence-electron chi connectivity index (χ1n) is 6.32. The summed E-state index contributed by atoms with van der Waals surface area (Å²) in [7, 11) is 0. The molecule has 0 fully saturated rings. The SMILES string of the molecule is CCN(CC)C1CNc2cccc(C)c2C1. The van der Waals surface area contributed by atoms with Crippen LogP contribution in [0.25, 0.3) is 0 Å². The molecule has 1 atom stereocenters. The molecular weight excluding hydrogens is 196 g/mol. The Morgan fingerprint density at radius 1 is 1.31 bits per heavy atom. The Hall–Kier alpha value is -1.02. The lowest BCUT2D eigenvalue weighted by Gasteiger charge is -2.35. The van der Waals surface area contributed by atoms with Gasteiger partial charge in [-0.3, -0.25) is 4.90 Å². The molecule has 1 N–H and O–H groups in total. The highest BCUT2D eigenvalue weighted by molar-refractivity contribution is 5.56. The molecule has 1 aromatic rings. The summed E-state index contributed by atoms with van der Waals surface area (Å²) < 4.78 is 0. The zero-order valence-electron chi connectivity index (χ0n) is 10.6. The molecule has 0 bridgehead atoms. The minimum atomic E-state index is 0.656. The van der Waals surface area contributed by atoms with Crippen LogP contribution in [-0.4, -0.2) is 30.6 Å². The van der Waals surface area contributed by atoms with Gasteiger partial charge in [0, 0.05) is 18.3 Å². The van der Waals surface area contributed by atoms with Crippen LogP contribution in [0.1, 0.15) is 25.0 Å². The summed E-state index contributed by atoms with van der Waals surface area (Å²) in [5.41, 5.74) is 4.26. The molecule has 2 heteroatoms. The summed E-state index contributed by atoms with van der Waals surface area (Å²) in [5, 5.41) is 3.56. The van der Waals surface area contributed by atoms with Crippen molar-refractivity contribution in [1.29, 1.82) is 0 Å². The fraction of sp³-hybridized carbons (Fsp3) is 0.571. The van der Waals surface area contributed by atoms with Crippen molar-refractivity contribution < 1.29 is 0 Å². The van der Waals surface area contributed by atoms with Gasteiger partial charge in [-0.05, 0) is 43.6 Å². The predicted molar refractivity (Wildman–Crippen MR) is 70.1 cm³/mol. The van der Waals surface area contributed by atoms with Gasteiger partial charge in [0.15, 0.2) is 0 Å². The molecule has 88 valence electrons. The molecule has 1 unspecified atom stereocenters. The van der Waals surface area contributed by atoms with Gasteiger partial charge in [0.05, 0.1) is 0 Å². The van der Waals surface area contributed by atoms with E-state index in [-0.39, 0.29) is 0 Å². The van der Waals surface area contributed by atoms with Gasteiger partial charge in [-0.1, -0.05) is 26.0 Å². The molecule has 2 nitrogen and oxygen atoms in total. The van der Waals surface area contributed by atoms with Crippen molar-refractivity contribution in [3.05, 3.63) is 29.3 Å². The van der Waals surface area contributed by atoms with Crippen LogP contribution in [0.5, 0.6) is 0 Å². The zero-order valence-corrected chi connectivity index (χ0v) is 10.6. The Morgan fingerprint density at radius 3 is 2.75 bits per heavy atom. The molecular formula is C14H22N2. The van der Waals surface area contributed by atoms with Gasteiger partial charge in [0.25, 0.3) is 0 Å². The molecule has 0 spiro atoms. The fourth-order valence-corrected chi connectivity index (χ4v) is 2.67. The monoisotopic (exact) mass is 218 g/mol. The molecule has 2 rings (SSSR count). The maximum atomic E-state index is 3.56. The maximum Gasteiger partial charge on any atom is 0.0376 e. The van der Waals surface area contributed by atoms with Crippen molar-refractivity contribution >= 4 is 5.69 Å². The van der Waals surface area contributed by atoms with Crippen molar-refractivity contribution in [1.82, 2.24) is 4.90 Å². The van der Waals surface area contributed by atoms with Crippen LogP contribution in [0.15, 0.2) is 18.2 Å². The minimum absolute atomic E-state index is 0.656. The highest BCUT2D eigenvalue weighted by atomic mass is 15.2. The van der Waals surface area contributed by atoms with Crippen LogP contribution >= 0.6 is 0 Å². The molecule has 0 amide bonds. The van der Waals surface area contributed by atoms with E-state index in [0.29, 0.717) is 6.04 Å². The second-order valence-corrected chi connectivity index (χ2v) is 4.56. The zero-order chi connectivity index (χ0) is 11.5. The van der Waals surface area contributed by atoms with Gasteiger partial charge in [0.1, 0.15) is 0 Å². The molecule has 0 saturated carbocycles. The Morgan fingerprint density at radius 2 is 2.06 bits per heavy atom. The number of rotatable bonds is 3. The highest BCUT2D eigenvalue weighted by Gasteiger charge is 2.22. The lowest BCUT2D eigenvalue weighted by Crippen LogP contribution is -2.43. The van der Waals surface area contributed by atoms with Gasteiger partial charge in [0.2, 0.25) is 0 Å². The minimum Gasteiger partial charge on any atom is -0.383 e. The van der Waals surface area contributed by atoms with Crippen LogP contribution in [0.4, 0.5) is 5.69 Å². The highest BCUT2D eigenvalue weighted by Crippen LogP contribution is 2.26. The normalized spacial score (nSPS) is 19.4. The number of anilines is 1. The number of aryl methyl sites for hydroxylation is 1. The lowest BCUT2D eigenvalue weighted by atomic mass is 9.94. The number of hydrogen-bond acceptors (Lipinski definition) is 2. The number of fused-ring (bicyclic) bond motifs is 1. The Labute approximate surface area is 98.7 Å². The largest absolute Gasteiger partial charge is 0.383 e. The van der Waals surface area contributed by atoms with E-state index < -0.39 is 0 Å². The molecule has 1 heterocycles. The van der Waals surface area contributed by atoms with Crippen molar-refractivity contribution in [3.8, 4) is 0 Å². The third kappa shape index (κ3) is 2.07. The second-order valence-electron chi connectivity index (χ2n) is 4.56. The van der Waals surface area contributed by atoms with Crippen molar-refractivity contribution in [2.45, 2.75) is 33.2 Å². The van der Waals surface area contributed by atoms with Crippen molar-refractivity contribution in [3.63, 3.8) is 0 Å². The van der Waals surface area contributed by atoms with Crippen LogP contribution < -0.4 is 5.32 Å². The first-order valence-corrected chi connectivity index (χ1v) is 6.32. The van der Waals surface area contributed by atoms with E-state index >= 15 is 0 Å². The quantitative estimate of drug-likeness (QED) is 0.839. The lowest BCUT2D eigenvalue weighted by molar-refractivity contribution is 0.221.